The average molecular weight is 267 g/mol. The van der Waals surface area contributed by atoms with Gasteiger partial charge in [-0.15, -0.1) is 0 Å². The third-order valence-electron chi connectivity index (χ3n) is 3.81. The number of benzene rings is 1. The maximum atomic E-state index is 13.7. The molecule has 0 atom stereocenters. The van der Waals surface area contributed by atoms with Gasteiger partial charge in [0.2, 0.25) is 0 Å². The monoisotopic (exact) mass is 267 g/mol. The summed E-state index contributed by atoms with van der Waals surface area (Å²) in [4.78, 5) is 10.7. The molecule has 0 bridgehead atoms. The molecule has 0 aliphatic heterocycles. The minimum absolute atomic E-state index is 0.0576. The SMILES string of the molecule is NCC1(COc2ccc(C(=O)O)cc2F)CCCC1. The molecule has 1 saturated carbocycles. The first kappa shape index (κ1) is 13.8. The van der Waals surface area contributed by atoms with E-state index in [1.165, 1.54) is 12.1 Å². The molecule has 1 aromatic carbocycles. The summed E-state index contributed by atoms with van der Waals surface area (Å²) >= 11 is 0. The van der Waals surface area contributed by atoms with E-state index in [1.54, 1.807) is 0 Å². The highest BCUT2D eigenvalue weighted by atomic mass is 19.1. The smallest absolute Gasteiger partial charge is 0.335 e. The van der Waals surface area contributed by atoms with Crippen molar-refractivity contribution >= 4 is 5.97 Å². The second kappa shape index (κ2) is 5.57. The minimum Gasteiger partial charge on any atom is -0.490 e. The van der Waals surface area contributed by atoms with Crippen molar-refractivity contribution < 1.29 is 19.0 Å². The quantitative estimate of drug-likeness (QED) is 0.859. The molecule has 19 heavy (non-hydrogen) atoms. The van der Waals surface area contributed by atoms with Gasteiger partial charge in [-0.05, 0) is 31.0 Å². The number of rotatable bonds is 5. The lowest BCUT2D eigenvalue weighted by Crippen LogP contribution is -2.33. The number of halogens is 1. The molecule has 5 heteroatoms. The maximum absolute atomic E-state index is 13.7. The highest BCUT2D eigenvalue weighted by molar-refractivity contribution is 5.87. The number of carboxylic acids is 1. The van der Waals surface area contributed by atoms with Crippen LogP contribution < -0.4 is 10.5 Å². The molecule has 4 nitrogen and oxygen atoms in total. The van der Waals surface area contributed by atoms with Crippen molar-refractivity contribution in [3.63, 3.8) is 0 Å². The summed E-state index contributed by atoms with van der Waals surface area (Å²) in [5, 5.41) is 8.76. The van der Waals surface area contributed by atoms with Crippen LogP contribution in [0.15, 0.2) is 18.2 Å². The van der Waals surface area contributed by atoms with Crippen LogP contribution in [-0.2, 0) is 0 Å². The van der Waals surface area contributed by atoms with Crippen molar-refractivity contribution in [2.45, 2.75) is 25.7 Å². The summed E-state index contributed by atoms with van der Waals surface area (Å²) in [6.45, 7) is 0.911. The lowest BCUT2D eigenvalue weighted by atomic mass is 9.87. The predicted octanol–water partition coefficient (Wildman–Crippen LogP) is 2.42. The number of carboxylic acid groups (broad SMARTS) is 1. The summed E-state index contributed by atoms with van der Waals surface area (Å²) in [6.07, 6.45) is 4.25. The van der Waals surface area contributed by atoms with E-state index in [9.17, 15) is 9.18 Å². The van der Waals surface area contributed by atoms with E-state index in [0.717, 1.165) is 31.7 Å². The number of hydrogen-bond donors (Lipinski definition) is 2. The lowest BCUT2D eigenvalue weighted by molar-refractivity contribution is 0.0696. The molecule has 2 rings (SSSR count). The number of carbonyl (C=O) groups is 1. The van der Waals surface area contributed by atoms with Crippen LogP contribution in [0.5, 0.6) is 5.75 Å². The Labute approximate surface area is 111 Å². The Morgan fingerprint density at radius 3 is 2.63 bits per heavy atom. The summed E-state index contributed by atoms with van der Waals surface area (Å²) in [5.41, 5.74) is 5.64. The highest BCUT2D eigenvalue weighted by Gasteiger charge is 2.33. The number of ether oxygens (including phenoxy) is 1. The first-order chi connectivity index (χ1) is 9.06. The molecule has 0 unspecified atom stereocenters. The van der Waals surface area contributed by atoms with Crippen LogP contribution in [0.1, 0.15) is 36.0 Å². The van der Waals surface area contributed by atoms with Crippen molar-refractivity contribution in [3.05, 3.63) is 29.6 Å². The fourth-order valence-electron chi connectivity index (χ4n) is 2.51. The maximum Gasteiger partial charge on any atom is 0.335 e. The summed E-state index contributed by atoms with van der Waals surface area (Å²) in [5.74, 6) is -1.71. The summed E-state index contributed by atoms with van der Waals surface area (Å²) in [7, 11) is 0. The molecule has 0 aromatic heterocycles. The second-order valence-electron chi connectivity index (χ2n) is 5.15. The molecule has 0 saturated heterocycles. The molecule has 3 N–H and O–H groups in total. The van der Waals surface area contributed by atoms with Gasteiger partial charge >= 0.3 is 5.97 Å². The zero-order chi connectivity index (χ0) is 13.9. The topological polar surface area (TPSA) is 72.5 Å². The van der Waals surface area contributed by atoms with E-state index in [4.69, 9.17) is 15.6 Å². The van der Waals surface area contributed by atoms with Gasteiger partial charge < -0.3 is 15.6 Å². The molecule has 104 valence electrons. The molecule has 1 fully saturated rings. The Balaban J connectivity index is 2.05. The normalized spacial score (nSPS) is 17.4. The predicted molar refractivity (Wildman–Crippen MR) is 68.8 cm³/mol. The molecule has 1 aromatic rings. The molecular weight excluding hydrogens is 249 g/mol. The number of hydrogen-bond acceptors (Lipinski definition) is 3. The number of nitrogens with two attached hydrogens (primary N) is 1. The van der Waals surface area contributed by atoms with E-state index >= 15 is 0 Å². The van der Waals surface area contributed by atoms with Crippen LogP contribution in [0.2, 0.25) is 0 Å². The van der Waals surface area contributed by atoms with E-state index in [0.29, 0.717) is 13.2 Å². The van der Waals surface area contributed by atoms with Crippen LogP contribution in [0, 0.1) is 11.2 Å². The van der Waals surface area contributed by atoms with Crippen molar-refractivity contribution in [2.24, 2.45) is 11.1 Å². The van der Waals surface area contributed by atoms with Gasteiger partial charge in [-0.25, -0.2) is 9.18 Å². The van der Waals surface area contributed by atoms with Crippen molar-refractivity contribution in [1.29, 1.82) is 0 Å². The van der Waals surface area contributed by atoms with E-state index in [-0.39, 0.29) is 16.7 Å². The molecule has 0 amide bonds. The van der Waals surface area contributed by atoms with Gasteiger partial charge in [0.15, 0.2) is 11.6 Å². The van der Waals surface area contributed by atoms with Crippen LogP contribution in [0.3, 0.4) is 0 Å². The Bertz CT molecular complexity index is 470. The van der Waals surface area contributed by atoms with Crippen LogP contribution in [0.25, 0.3) is 0 Å². The molecule has 0 radical (unpaired) electrons. The molecule has 1 aliphatic rings. The van der Waals surface area contributed by atoms with Crippen LogP contribution >= 0.6 is 0 Å². The van der Waals surface area contributed by atoms with Gasteiger partial charge in [0, 0.05) is 12.0 Å². The molecule has 0 heterocycles. The fraction of sp³-hybridized carbons (Fsp3) is 0.500. The Morgan fingerprint density at radius 2 is 2.11 bits per heavy atom. The standard InChI is InChI=1S/C14H18FNO3/c15-11-7-10(13(17)18)3-4-12(11)19-9-14(8-16)5-1-2-6-14/h3-4,7H,1-2,5-6,8-9,16H2,(H,17,18). The van der Waals surface area contributed by atoms with Gasteiger partial charge in [-0.2, -0.15) is 0 Å². The minimum atomic E-state index is -1.15. The Morgan fingerprint density at radius 1 is 1.42 bits per heavy atom. The fourth-order valence-corrected chi connectivity index (χ4v) is 2.51. The summed E-state index contributed by atoms with van der Waals surface area (Å²) < 4.78 is 19.2. The van der Waals surface area contributed by atoms with E-state index in [1.807, 2.05) is 0 Å². The van der Waals surface area contributed by atoms with E-state index < -0.39 is 11.8 Å². The van der Waals surface area contributed by atoms with Crippen molar-refractivity contribution in [2.75, 3.05) is 13.2 Å². The largest absolute Gasteiger partial charge is 0.490 e. The second-order valence-corrected chi connectivity index (χ2v) is 5.15. The van der Waals surface area contributed by atoms with Crippen LogP contribution in [0.4, 0.5) is 4.39 Å². The van der Waals surface area contributed by atoms with Crippen molar-refractivity contribution in [3.8, 4) is 5.75 Å². The number of aromatic carboxylic acids is 1. The molecule has 0 spiro atoms. The van der Waals surface area contributed by atoms with Crippen molar-refractivity contribution in [1.82, 2.24) is 0 Å². The Kier molecular flexibility index (Phi) is 4.04. The molecular formula is C14H18FNO3. The lowest BCUT2D eigenvalue weighted by Gasteiger charge is -2.27. The summed E-state index contributed by atoms with van der Waals surface area (Å²) in [6, 6.07) is 3.67. The zero-order valence-electron chi connectivity index (χ0n) is 10.7. The third kappa shape index (κ3) is 3.04. The Hall–Kier alpha value is -1.62. The van der Waals surface area contributed by atoms with Gasteiger partial charge in [0.25, 0.3) is 0 Å². The molecule has 1 aliphatic carbocycles. The highest BCUT2D eigenvalue weighted by Crippen LogP contribution is 2.37. The average Bonchev–Trinajstić information content (AvgIpc) is 2.86. The van der Waals surface area contributed by atoms with Gasteiger partial charge in [0.05, 0.1) is 12.2 Å². The van der Waals surface area contributed by atoms with Gasteiger partial charge in [0.1, 0.15) is 0 Å². The van der Waals surface area contributed by atoms with Gasteiger partial charge in [-0.3, -0.25) is 0 Å². The zero-order valence-corrected chi connectivity index (χ0v) is 10.7. The third-order valence-corrected chi connectivity index (χ3v) is 3.81. The van der Waals surface area contributed by atoms with E-state index in [2.05, 4.69) is 0 Å². The van der Waals surface area contributed by atoms with Crippen LogP contribution in [-0.4, -0.2) is 24.2 Å². The van der Waals surface area contributed by atoms with Gasteiger partial charge in [-0.1, -0.05) is 12.8 Å². The first-order valence-corrected chi connectivity index (χ1v) is 6.42. The first-order valence-electron chi connectivity index (χ1n) is 6.42.